The standard InChI is InChI=1S/C9H10N2O3/c1-14-9(13)5-2-3-7(10)6(4-5)8(11)12/h2-4H,10H2,1H3,(H2,11,12). The number of nitrogens with two attached hydrogens (primary N) is 2. The second-order valence-corrected chi connectivity index (χ2v) is 2.66. The third-order valence-electron chi connectivity index (χ3n) is 1.74. The molecule has 0 bridgehead atoms. The maximum atomic E-state index is 11.1. The number of carbonyl (C=O) groups excluding carboxylic acids is 2. The highest BCUT2D eigenvalue weighted by Crippen LogP contribution is 2.14. The number of methoxy groups -OCH3 is 1. The van der Waals surface area contributed by atoms with E-state index < -0.39 is 11.9 Å². The third-order valence-corrected chi connectivity index (χ3v) is 1.74. The fourth-order valence-electron chi connectivity index (χ4n) is 1.01. The molecule has 0 atom stereocenters. The van der Waals surface area contributed by atoms with E-state index in [-0.39, 0.29) is 16.8 Å². The van der Waals surface area contributed by atoms with Crippen LogP contribution in [0.3, 0.4) is 0 Å². The van der Waals surface area contributed by atoms with Gasteiger partial charge in [-0.15, -0.1) is 0 Å². The number of amides is 1. The van der Waals surface area contributed by atoms with Crippen LogP contribution in [-0.2, 0) is 4.74 Å². The molecule has 0 fully saturated rings. The summed E-state index contributed by atoms with van der Waals surface area (Å²) in [5, 5.41) is 0. The van der Waals surface area contributed by atoms with E-state index in [1.54, 1.807) is 0 Å². The van der Waals surface area contributed by atoms with E-state index in [0.717, 1.165) is 0 Å². The summed E-state index contributed by atoms with van der Waals surface area (Å²) < 4.78 is 4.48. The fourth-order valence-corrected chi connectivity index (χ4v) is 1.01. The zero-order chi connectivity index (χ0) is 10.7. The number of esters is 1. The summed E-state index contributed by atoms with van der Waals surface area (Å²) in [6.07, 6.45) is 0. The van der Waals surface area contributed by atoms with Gasteiger partial charge in [-0.25, -0.2) is 4.79 Å². The van der Waals surface area contributed by atoms with Crippen LogP contribution in [0.5, 0.6) is 0 Å². The van der Waals surface area contributed by atoms with Crippen molar-refractivity contribution in [1.29, 1.82) is 0 Å². The number of rotatable bonds is 2. The van der Waals surface area contributed by atoms with Gasteiger partial charge in [0.15, 0.2) is 0 Å². The van der Waals surface area contributed by atoms with Gasteiger partial charge in [0.25, 0.3) is 5.91 Å². The molecule has 0 aliphatic rings. The molecule has 1 rings (SSSR count). The van der Waals surface area contributed by atoms with E-state index >= 15 is 0 Å². The van der Waals surface area contributed by atoms with Crippen LogP contribution < -0.4 is 11.5 Å². The lowest BCUT2D eigenvalue weighted by molar-refractivity contribution is 0.0601. The molecule has 0 spiro atoms. The summed E-state index contributed by atoms with van der Waals surface area (Å²) >= 11 is 0. The molecule has 0 radical (unpaired) electrons. The van der Waals surface area contributed by atoms with Crippen LogP contribution >= 0.6 is 0 Å². The zero-order valence-electron chi connectivity index (χ0n) is 7.61. The molecule has 0 aromatic heterocycles. The van der Waals surface area contributed by atoms with Gasteiger partial charge in [-0.05, 0) is 18.2 Å². The van der Waals surface area contributed by atoms with Crippen LogP contribution in [0, 0.1) is 0 Å². The van der Waals surface area contributed by atoms with E-state index in [1.807, 2.05) is 0 Å². The number of nitrogen functional groups attached to an aromatic ring is 1. The van der Waals surface area contributed by atoms with E-state index in [4.69, 9.17) is 11.5 Å². The minimum absolute atomic E-state index is 0.118. The summed E-state index contributed by atoms with van der Waals surface area (Å²) in [6.45, 7) is 0. The molecule has 1 aromatic carbocycles. The molecule has 74 valence electrons. The summed E-state index contributed by atoms with van der Waals surface area (Å²) in [5.74, 6) is -1.21. The molecular weight excluding hydrogens is 184 g/mol. The topological polar surface area (TPSA) is 95.4 Å². The van der Waals surface area contributed by atoms with Gasteiger partial charge in [-0.3, -0.25) is 4.79 Å². The largest absolute Gasteiger partial charge is 0.465 e. The highest BCUT2D eigenvalue weighted by atomic mass is 16.5. The lowest BCUT2D eigenvalue weighted by atomic mass is 10.1. The molecule has 0 aliphatic carbocycles. The van der Waals surface area contributed by atoms with Gasteiger partial charge in [-0.2, -0.15) is 0 Å². The van der Waals surface area contributed by atoms with Gasteiger partial charge in [-0.1, -0.05) is 0 Å². The summed E-state index contributed by atoms with van der Waals surface area (Å²) in [7, 11) is 1.25. The Hall–Kier alpha value is -2.04. The Morgan fingerprint density at radius 1 is 1.36 bits per heavy atom. The summed E-state index contributed by atoms with van der Waals surface area (Å²) in [5.41, 5.74) is 11.1. The molecule has 14 heavy (non-hydrogen) atoms. The minimum Gasteiger partial charge on any atom is -0.465 e. The summed E-state index contributed by atoms with van der Waals surface area (Å²) in [4.78, 5) is 22.0. The van der Waals surface area contributed by atoms with Crippen LogP contribution in [-0.4, -0.2) is 19.0 Å². The minimum atomic E-state index is -0.673. The molecule has 5 heteroatoms. The SMILES string of the molecule is COC(=O)c1ccc(N)c(C(N)=O)c1. The van der Waals surface area contributed by atoms with Crippen molar-refractivity contribution in [3.63, 3.8) is 0 Å². The third kappa shape index (κ3) is 1.82. The molecular formula is C9H10N2O3. The Balaban J connectivity index is 3.19. The molecule has 0 unspecified atom stereocenters. The average molecular weight is 194 g/mol. The second-order valence-electron chi connectivity index (χ2n) is 2.66. The molecule has 1 amide bonds. The Morgan fingerprint density at radius 3 is 2.50 bits per heavy atom. The number of primary amides is 1. The number of benzene rings is 1. The van der Waals surface area contributed by atoms with Gasteiger partial charge in [0.05, 0.1) is 18.2 Å². The van der Waals surface area contributed by atoms with Gasteiger partial charge in [0.2, 0.25) is 0 Å². The predicted octanol–water partition coefficient (Wildman–Crippen LogP) is 0.154. The second kappa shape index (κ2) is 3.78. The molecule has 4 N–H and O–H groups in total. The van der Waals surface area contributed by atoms with E-state index in [9.17, 15) is 9.59 Å². The van der Waals surface area contributed by atoms with Gasteiger partial charge < -0.3 is 16.2 Å². The first-order chi connectivity index (χ1) is 6.56. The quantitative estimate of drug-likeness (QED) is 0.517. The summed E-state index contributed by atoms with van der Waals surface area (Å²) in [6, 6.07) is 4.21. The lowest BCUT2D eigenvalue weighted by Crippen LogP contribution is -2.15. The monoisotopic (exact) mass is 194 g/mol. The van der Waals surface area contributed by atoms with Crippen molar-refractivity contribution in [2.24, 2.45) is 5.73 Å². The van der Waals surface area contributed by atoms with Crippen molar-refractivity contribution in [2.45, 2.75) is 0 Å². The Bertz CT molecular complexity index is 388. The highest BCUT2D eigenvalue weighted by Gasteiger charge is 2.11. The van der Waals surface area contributed by atoms with Crippen LogP contribution in [0.25, 0.3) is 0 Å². The van der Waals surface area contributed by atoms with Crippen LogP contribution in [0.2, 0.25) is 0 Å². The Morgan fingerprint density at radius 2 is 2.00 bits per heavy atom. The molecule has 5 nitrogen and oxygen atoms in total. The number of anilines is 1. The smallest absolute Gasteiger partial charge is 0.337 e. The van der Waals surface area contributed by atoms with Crippen molar-refractivity contribution in [1.82, 2.24) is 0 Å². The fraction of sp³-hybridized carbons (Fsp3) is 0.111. The van der Waals surface area contributed by atoms with Gasteiger partial charge in [0, 0.05) is 5.69 Å². The Kier molecular flexibility index (Phi) is 2.71. The molecule has 1 aromatic rings. The van der Waals surface area contributed by atoms with E-state index in [0.29, 0.717) is 0 Å². The molecule has 0 heterocycles. The highest BCUT2D eigenvalue weighted by molar-refractivity contribution is 6.01. The van der Waals surface area contributed by atoms with Crippen molar-refractivity contribution in [3.8, 4) is 0 Å². The van der Waals surface area contributed by atoms with Gasteiger partial charge in [0.1, 0.15) is 0 Å². The number of carbonyl (C=O) groups is 2. The van der Waals surface area contributed by atoms with E-state index in [2.05, 4.69) is 4.74 Å². The number of hydrogen-bond donors (Lipinski definition) is 2. The first-order valence-corrected chi connectivity index (χ1v) is 3.84. The molecule has 0 aliphatic heterocycles. The van der Waals surface area contributed by atoms with Crippen molar-refractivity contribution >= 4 is 17.6 Å². The van der Waals surface area contributed by atoms with E-state index in [1.165, 1.54) is 25.3 Å². The first-order valence-electron chi connectivity index (χ1n) is 3.84. The van der Waals surface area contributed by atoms with Crippen LogP contribution in [0.15, 0.2) is 18.2 Å². The lowest BCUT2D eigenvalue weighted by Gasteiger charge is -2.03. The number of hydrogen-bond acceptors (Lipinski definition) is 4. The predicted molar refractivity (Wildman–Crippen MR) is 50.7 cm³/mol. The number of ether oxygens (including phenoxy) is 1. The van der Waals surface area contributed by atoms with Crippen LogP contribution in [0.4, 0.5) is 5.69 Å². The maximum absolute atomic E-state index is 11.1. The molecule has 0 saturated carbocycles. The van der Waals surface area contributed by atoms with Crippen molar-refractivity contribution < 1.29 is 14.3 Å². The Labute approximate surface area is 80.6 Å². The maximum Gasteiger partial charge on any atom is 0.337 e. The van der Waals surface area contributed by atoms with Crippen molar-refractivity contribution in [3.05, 3.63) is 29.3 Å². The molecule has 0 saturated heterocycles. The van der Waals surface area contributed by atoms with Crippen LogP contribution in [0.1, 0.15) is 20.7 Å². The zero-order valence-corrected chi connectivity index (χ0v) is 7.61. The van der Waals surface area contributed by atoms with Gasteiger partial charge >= 0.3 is 5.97 Å². The van der Waals surface area contributed by atoms with Crippen molar-refractivity contribution in [2.75, 3.05) is 12.8 Å². The normalized spacial score (nSPS) is 9.50. The first kappa shape index (κ1) is 10.0. The average Bonchev–Trinajstić information content (AvgIpc) is 2.17.